The maximum Gasteiger partial charge on any atom is 0.256 e. The molecule has 0 unspecified atom stereocenters. The highest BCUT2D eigenvalue weighted by atomic mass is 79.9. The van der Waals surface area contributed by atoms with Crippen LogP contribution in [0.1, 0.15) is 29.4 Å². The SMILES string of the molecule is CCCc1cc(NC(=O)c2ccc(Br)c(F)c2)n[nH]1. The van der Waals surface area contributed by atoms with Crippen LogP contribution in [0.5, 0.6) is 0 Å². The predicted molar refractivity (Wildman–Crippen MR) is 74.6 cm³/mol. The van der Waals surface area contributed by atoms with Gasteiger partial charge in [0, 0.05) is 17.3 Å². The minimum Gasteiger partial charge on any atom is -0.305 e. The van der Waals surface area contributed by atoms with Gasteiger partial charge in [0.05, 0.1) is 4.47 Å². The van der Waals surface area contributed by atoms with Crippen LogP contribution < -0.4 is 5.32 Å². The number of carbonyl (C=O) groups is 1. The number of nitrogens with zero attached hydrogens (tertiary/aromatic N) is 1. The molecule has 0 bridgehead atoms. The van der Waals surface area contributed by atoms with Crippen LogP contribution in [-0.2, 0) is 6.42 Å². The fourth-order valence-electron chi connectivity index (χ4n) is 1.65. The Bertz CT molecular complexity index is 597. The maximum absolute atomic E-state index is 13.3. The number of anilines is 1. The van der Waals surface area contributed by atoms with E-state index in [-0.39, 0.29) is 11.5 Å². The van der Waals surface area contributed by atoms with Crippen molar-refractivity contribution < 1.29 is 9.18 Å². The molecule has 1 aromatic carbocycles. The Hall–Kier alpha value is -1.69. The van der Waals surface area contributed by atoms with Crippen LogP contribution in [0, 0.1) is 5.82 Å². The number of aryl methyl sites for hydroxylation is 1. The Balaban J connectivity index is 2.09. The van der Waals surface area contributed by atoms with Crippen molar-refractivity contribution in [3.8, 4) is 0 Å². The first-order valence-corrected chi connectivity index (χ1v) is 6.70. The van der Waals surface area contributed by atoms with Crippen LogP contribution in [0.4, 0.5) is 10.2 Å². The number of hydrogen-bond acceptors (Lipinski definition) is 2. The molecule has 0 saturated carbocycles. The van der Waals surface area contributed by atoms with E-state index in [9.17, 15) is 9.18 Å². The molecule has 100 valence electrons. The second-order valence-corrected chi connectivity index (χ2v) is 4.97. The highest BCUT2D eigenvalue weighted by Gasteiger charge is 2.10. The van der Waals surface area contributed by atoms with Crippen molar-refractivity contribution in [2.45, 2.75) is 19.8 Å². The van der Waals surface area contributed by atoms with Crippen molar-refractivity contribution in [2.24, 2.45) is 0 Å². The summed E-state index contributed by atoms with van der Waals surface area (Å²) in [5, 5.41) is 9.44. The van der Waals surface area contributed by atoms with Crippen LogP contribution in [0.3, 0.4) is 0 Å². The van der Waals surface area contributed by atoms with E-state index in [0.29, 0.717) is 10.3 Å². The van der Waals surface area contributed by atoms with Gasteiger partial charge in [-0.15, -0.1) is 0 Å². The third kappa shape index (κ3) is 3.41. The zero-order chi connectivity index (χ0) is 13.8. The third-order valence-corrected chi connectivity index (χ3v) is 3.22. The first-order valence-electron chi connectivity index (χ1n) is 5.91. The van der Waals surface area contributed by atoms with Crippen molar-refractivity contribution in [3.05, 3.63) is 45.8 Å². The number of nitrogens with one attached hydrogen (secondary N) is 2. The van der Waals surface area contributed by atoms with Crippen molar-refractivity contribution >= 4 is 27.7 Å². The molecule has 0 aliphatic carbocycles. The number of amides is 1. The van der Waals surface area contributed by atoms with E-state index in [2.05, 4.69) is 38.4 Å². The van der Waals surface area contributed by atoms with Crippen LogP contribution in [0.2, 0.25) is 0 Å². The lowest BCUT2D eigenvalue weighted by atomic mass is 10.2. The third-order valence-electron chi connectivity index (χ3n) is 2.57. The second kappa shape index (κ2) is 5.97. The standard InChI is InChI=1S/C13H13BrFN3O/c1-2-3-9-7-12(18-17-9)16-13(19)8-4-5-10(14)11(15)6-8/h4-7H,2-3H2,1H3,(H2,16,17,18,19). The summed E-state index contributed by atoms with van der Waals surface area (Å²) in [5.41, 5.74) is 1.21. The van der Waals surface area contributed by atoms with E-state index in [1.165, 1.54) is 12.1 Å². The van der Waals surface area contributed by atoms with E-state index in [1.807, 2.05) is 0 Å². The number of aromatic nitrogens is 2. The highest BCUT2D eigenvalue weighted by molar-refractivity contribution is 9.10. The van der Waals surface area contributed by atoms with E-state index in [4.69, 9.17) is 0 Å². The molecule has 0 aliphatic heterocycles. The minimum absolute atomic E-state index is 0.251. The molecule has 0 saturated heterocycles. The Morgan fingerprint density at radius 3 is 2.95 bits per heavy atom. The van der Waals surface area contributed by atoms with Gasteiger partial charge >= 0.3 is 0 Å². The normalized spacial score (nSPS) is 10.5. The zero-order valence-electron chi connectivity index (χ0n) is 10.3. The number of H-pyrrole nitrogens is 1. The fourth-order valence-corrected chi connectivity index (χ4v) is 1.90. The van der Waals surface area contributed by atoms with Crippen LogP contribution in [0.25, 0.3) is 0 Å². The van der Waals surface area contributed by atoms with Gasteiger partial charge in [-0.25, -0.2) is 4.39 Å². The summed E-state index contributed by atoms with van der Waals surface area (Å²) in [5.74, 6) is -0.418. The molecule has 1 amide bonds. The molecule has 4 nitrogen and oxygen atoms in total. The average molecular weight is 326 g/mol. The summed E-state index contributed by atoms with van der Waals surface area (Å²) >= 11 is 3.04. The topological polar surface area (TPSA) is 57.8 Å². The van der Waals surface area contributed by atoms with E-state index < -0.39 is 5.82 Å². The molecule has 0 spiro atoms. The quantitative estimate of drug-likeness (QED) is 0.903. The molecular formula is C13H13BrFN3O. The first-order chi connectivity index (χ1) is 9.10. The summed E-state index contributed by atoms with van der Waals surface area (Å²) in [6.07, 6.45) is 1.86. The van der Waals surface area contributed by atoms with Crippen LogP contribution in [-0.4, -0.2) is 16.1 Å². The van der Waals surface area contributed by atoms with Gasteiger partial charge in [-0.05, 0) is 40.5 Å². The number of aromatic amines is 1. The Kier molecular flexibility index (Phi) is 4.31. The number of halogens is 2. The second-order valence-electron chi connectivity index (χ2n) is 4.11. The van der Waals surface area contributed by atoms with E-state index >= 15 is 0 Å². The minimum atomic E-state index is -0.471. The first kappa shape index (κ1) is 13.7. The number of carbonyl (C=O) groups excluding carboxylic acids is 1. The van der Waals surface area contributed by atoms with Crippen LogP contribution in [0.15, 0.2) is 28.7 Å². The van der Waals surface area contributed by atoms with Gasteiger partial charge in [0.1, 0.15) is 5.82 Å². The molecule has 2 N–H and O–H groups in total. The van der Waals surface area contributed by atoms with Gasteiger partial charge in [-0.3, -0.25) is 9.89 Å². The molecule has 19 heavy (non-hydrogen) atoms. The van der Waals surface area contributed by atoms with Gasteiger partial charge in [-0.1, -0.05) is 13.3 Å². The molecule has 0 aliphatic rings. The van der Waals surface area contributed by atoms with E-state index in [0.717, 1.165) is 18.5 Å². The fraction of sp³-hybridized carbons (Fsp3) is 0.231. The van der Waals surface area contributed by atoms with Crippen molar-refractivity contribution in [1.82, 2.24) is 10.2 Å². The molecular weight excluding hydrogens is 313 g/mol. The zero-order valence-corrected chi connectivity index (χ0v) is 11.9. The van der Waals surface area contributed by atoms with Crippen LogP contribution >= 0.6 is 15.9 Å². The van der Waals surface area contributed by atoms with Gasteiger partial charge in [0.2, 0.25) is 0 Å². The highest BCUT2D eigenvalue weighted by Crippen LogP contribution is 2.17. The lowest BCUT2D eigenvalue weighted by Crippen LogP contribution is -2.12. The predicted octanol–water partition coefficient (Wildman–Crippen LogP) is 3.52. The summed E-state index contributed by atoms with van der Waals surface area (Å²) < 4.78 is 13.7. The lowest BCUT2D eigenvalue weighted by molar-refractivity contribution is 0.102. The molecule has 0 atom stereocenters. The number of rotatable bonds is 4. The monoisotopic (exact) mass is 325 g/mol. The molecule has 0 fully saturated rings. The smallest absolute Gasteiger partial charge is 0.256 e. The molecule has 0 radical (unpaired) electrons. The summed E-state index contributed by atoms with van der Waals surface area (Å²) in [6.45, 7) is 2.06. The molecule has 1 aromatic heterocycles. The molecule has 2 rings (SSSR count). The summed E-state index contributed by atoms with van der Waals surface area (Å²) in [7, 11) is 0. The lowest BCUT2D eigenvalue weighted by Gasteiger charge is -2.02. The van der Waals surface area contributed by atoms with Crippen molar-refractivity contribution in [3.63, 3.8) is 0 Å². The summed E-state index contributed by atoms with van der Waals surface area (Å²) in [6, 6.07) is 6.00. The van der Waals surface area contributed by atoms with Crippen molar-refractivity contribution in [1.29, 1.82) is 0 Å². The summed E-state index contributed by atoms with van der Waals surface area (Å²) in [4.78, 5) is 11.9. The molecule has 6 heteroatoms. The molecule has 1 heterocycles. The van der Waals surface area contributed by atoms with E-state index in [1.54, 1.807) is 12.1 Å². The largest absolute Gasteiger partial charge is 0.305 e. The maximum atomic E-state index is 13.3. The Morgan fingerprint density at radius 2 is 2.26 bits per heavy atom. The van der Waals surface area contributed by atoms with Crippen molar-refractivity contribution in [2.75, 3.05) is 5.32 Å². The Labute approximate surface area is 118 Å². The Morgan fingerprint density at radius 1 is 1.47 bits per heavy atom. The van der Waals surface area contributed by atoms with Gasteiger partial charge in [0.15, 0.2) is 5.82 Å². The van der Waals surface area contributed by atoms with Gasteiger partial charge < -0.3 is 5.32 Å². The van der Waals surface area contributed by atoms with Gasteiger partial charge in [0.25, 0.3) is 5.91 Å². The molecule has 2 aromatic rings. The average Bonchev–Trinajstić information content (AvgIpc) is 2.80. The number of benzene rings is 1. The van der Waals surface area contributed by atoms with Gasteiger partial charge in [-0.2, -0.15) is 5.10 Å². The number of hydrogen-bond donors (Lipinski definition) is 2.